The van der Waals surface area contributed by atoms with E-state index in [2.05, 4.69) is 26.1 Å². The van der Waals surface area contributed by atoms with Gasteiger partial charge in [0.1, 0.15) is 0 Å². The van der Waals surface area contributed by atoms with Gasteiger partial charge >= 0.3 is 5.51 Å². The van der Waals surface area contributed by atoms with Crippen LogP contribution in [0.25, 0.3) is 0 Å². The van der Waals surface area contributed by atoms with Crippen molar-refractivity contribution in [3.05, 3.63) is 29.8 Å². The van der Waals surface area contributed by atoms with Gasteiger partial charge in [-0.25, -0.2) is 0 Å². The second-order valence-corrected chi connectivity index (χ2v) is 5.97. The molecule has 0 saturated carbocycles. The van der Waals surface area contributed by atoms with Crippen molar-refractivity contribution >= 4 is 11.8 Å². The number of hydrogen-bond acceptors (Lipinski definition) is 2. The van der Waals surface area contributed by atoms with Crippen LogP contribution in [0.4, 0.5) is 13.2 Å². The van der Waals surface area contributed by atoms with Gasteiger partial charge in [0.25, 0.3) is 0 Å². The number of benzene rings is 1. The molecule has 1 atom stereocenters. The van der Waals surface area contributed by atoms with Crippen LogP contribution in [0.2, 0.25) is 0 Å². The standard InChI is InChI=1S/C14H20F3NS/c1-4-13(10(2)3)18-9-11-5-7-12(8-6-11)19-14(15,16)17/h5-8,10,13,18H,4,9H2,1-3H3. The number of rotatable bonds is 6. The fourth-order valence-corrected chi connectivity index (χ4v) is 2.45. The Bertz CT molecular complexity index is 373. The van der Waals surface area contributed by atoms with E-state index >= 15 is 0 Å². The van der Waals surface area contributed by atoms with Gasteiger partial charge in [-0.2, -0.15) is 13.2 Å². The van der Waals surface area contributed by atoms with Crippen molar-refractivity contribution in [3.8, 4) is 0 Å². The first-order chi connectivity index (χ1) is 8.81. The van der Waals surface area contributed by atoms with Crippen molar-refractivity contribution < 1.29 is 13.2 Å². The summed E-state index contributed by atoms with van der Waals surface area (Å²) < 4.78 is 36.5. The molecule has 1 unspecified atom stereocenters. The minimum absolute atomic E-state index is 0.0772. The summed E-state index contributed by atoms with van der Waals surface area (Å²) in [5, 5.41) is 3.42. The number of thioether (sulfide) groups is 1. The summed E-state index contributed by atoms with van der Waals surface area (Å²) in [6.45, 7) is 7.13. The maximum Gasteiger partial charge on any atom is 0.446 e. The molecule has 0 amide bonds. The van der Waals surface area contributed by atoms with Gasteiger partial charge in [-0.15, -0.1) is 0 Å². The summed E-state index contributed by atoms with van der Waals surface area (Å²) in [6, 6.07) is 6.96. The lowest BCUT2D eigenvalue weighted by molar-refractivity contribution is -0.0328. The highest BCUT2D eigenvalue weighted by Gasteiger charge is 2.28. The molecule has 5 heteroatoms. The highest BCUT2D eigenvalue weighted by Crippen LogP contribution is 2.36. The molecule has 0 aliphatic carbocycles. The predicted molar refractivity (Wildman–Crippen MR) is 74.1 cm³/mol. The third kappa shape index (κ3) is 6.34. The van der Waals surface area contributed by atoms with Crippen LogP contribution in [0, 0.1) is 5.92 Å². The van der Waals surface area contributed by atoms with Crippen LogP contribution in [0.1, 0.15) is 32.8 Å². The quantitative estimate of drug-likeness (QED) is 0.754. The van der Waals surface area contributed by atoms with Gasteiger partial charge in [0.05, 0.1) is 0 Å². The molecule has 0 saturated heterocycles. The van der Waals surface area contributed by atoms with E-state index in [1.165, 1.54) is 12.1 Å². The summed E-state index contributed by atoms with van der Waals surface area (Å²) in [4.78, 5) is 0.229. The summed E-state index contributed by atoms with van der Waals surface area (Å²) >= 11 is -0.0772. The summed E-state index contributed by atoms with van der Waals surface area (Å²) in [5.41, 5.74) is -3.21. The van der Waals surface area contributed by atoms with Crippen LogP contribution in [-0.4, -0.2) is 11.6 Å². The zero-order chi connectivity index (χ0) is 14.5. The first-order valence-electron chi connectivity index (χ1n) is 6.40. The summed E-state index contributed by atoms with van der Waals surface area (Å²) in [7, 11) is 0. The largest absolute Gasteiger partial charge is 0.446 e. The van der Waals surface area contributed by atoms with E-state index < -0.39 is 5.51 Å². The van der Waals surface area contributed by atoms with Gasteiger partial charge in [-0.05, 0) is 41.8 Å². The minimum Gasteiger partial charge on any atom is -0.310 e. The molecule has 1 aromatic rings. The molecular formula is C14H20F3NS. The fourth-order valence-electron chi connectivity index (χ4n) is 1.91. The van der Waals surface area contributed by atoms with Gasteiger partial charge < -0.3 is 5.32 Å². The first-order valence-corrected chi connectivity index (χ1v) is 7.21. The SMILES string of the molecule is CCC(NCc1ccc(SC(F)(F)F)cc1)C(C)C. The molecule has 108 valence electrons. The van der Waals surface area contributed by atoms with Gasteiger partial charge in [0.2, 0.25) is 0 Å². The van der Waals surface area contributed by atoms with Gasteiger partial charge in [-0.3, -0.25) is 0 Å². The van der Waals surface area contributed by atoms with Crippen LogP contribution in [0.15, 0.2) is 29.2 Å². The van der Waals surface area contributed by atoms with Gasteiger partial charge in [0, 0.05) is 17.5 Å². The van der Waals surface area contributed by atoms with E-state index in [4.69, 9.17) is 0 Å². The molecule has 1 nitrogen and oxygen atoms in total. The Kier molecular flexibility index (Phi) is 6.20. The van der Waals surface area contributed by atoms with Crippen molar-refractivity contribution in [1.29, 1.82) is 0 Å². The molecule has 1 aromatic carbocycles. The molecule has 1 rings (SSSR count). The molecule has 0 aliphatic rings. The zero-order valence-electron chi connectivity index (χ0n) is 11.4. The van der Waals surface area contributed by atoms with Gasteiger partial charge in [0.15, 0.2) is 0 Å². The highest BCUT2D eigenvalue weighted by molar-refractivity contribution is 8.00. The van der Waals surface area contributed by atoms with Crippen LogP contribution in [-0.2, 0) is 6.54 Å². The van der Waals surface area contributed by atoms with E-state index in [-0.39, 0.29) is 16.7 Å². The Morgan fingerprint density at radius 3 is 2.16 bits per heavy atom. The Morgan fingerprint density at radius 1 is 1.16 bits per heavy atom. The molecule has 0 spiro atoms. The third-order valence-corrected chi connectivity index (χ3v) is 3.71. The first kappa shape index (κ1) is 16.4. The van der Waals surface area contributed by atoms with E-state index in [1.54, 1.807) is 12.1 Å². The highest BCUT2D eigenvalue weighted by atomic mass is 32.2. The molecule has 0 aliphatic heterocycles. The molecule has 0 heterocycles. The van der Waals surface area contributed by atoms with Crippen molar-refractivity contribution in [3.63, 3.8) is 0 Å². The second kappa shape index (κ2) is 7.20. The van der Waals surface area contributed by atoms with E-state index in [0.29, 0.717) is 18.5 Å². The fraction of sp³-hybridized carbons (Fsp3) is 0.571. The van der Waals surface area contributed by atoms with Crippen molar-refractivity contribution in [1.82, 2.24) is 5.32 Å². The van der Waals surface area contributed by atoms with E-state index in [9.17, 15) is 13.2 Å². The molecular weight excluding hydrogens is 271 g/mol. The average Bonchev–Trinajstić information content (AvgIpc) is 2.29. The summed E-state index contributed by atoms with van der Waals surface area (Å²) in [6.07, 6.45) is 1.04. The second-order valence-electron chi connectivity index (χ2n) is 4.83. The number of nitrogens with one attached hydrogen (secondary N) is 1. The lowest BCUT2D eigenvalue weighted by Gasteiger charge is -2.20. The Balaban J connectivity index is 2.53. The Morgan fingerprint density at radius 2 is 1.74 bits per heavy atom. The van der Waals surface area contributed by atoms with Crippen molar-refractivity contribution in [2.24, 2.45) is 5.92 Å². The molecule has 19 heavy (non-hydrogen) atoms. The zero-order valence-corrected chi connectivity index (χ0v) is 12.2. The smallest absolute Gasteiger partial charge is 0.310 e. The van der Waals surface area contributed by atoms with Crippen LogP contribution >= 0.6 is 11.8 Å². The van der Waals surface area contributed by atoms with E-state index in [1.807, 2.05) is 0 Å². The molecule has 1 N–H and O–H groups in total. The number of alkyl halides is 3. The lowest BCUT2D eigenvalue weighted by Crippen LogP contribution is -2.32. The van der Waals surface area contributed by atoms with E-state index in [0.717, 1.165) is 12.0 Å². The maximum atomic E-state index is 12.2. The molecule has 0 aromatic heterocycles. The average molecular weight is 291 g/mol. The number of halogens is 3. The molecule has 0 bridgehead atoms. The van der Waals surface area contributed by atoms with Crippen molar-refractivity contribution in [2.45, 2.75) is 50.2 Å². The topological polar surface area (TPSA) is 12.0 Å². The molecule has 0 radical (unpaired) electrons. The Hall–Kier alpha value is -0.680. The van der Waals surface area contributed by atoms with Crippen LogP contribution in [0.3, 0.4) is 0 Å². The third-order valence-electron chi connectivity index (χ3n) is 2.97. The maximum absolute atomic E-state index is 12.2. The minimum atomic E-state index is -4.22. The van der Waals surface area contributed by atoms with Gasteiger partial charge in [-0.1, -0.05) is 32.9 Å². The Labute approximate surface area is 117 Å². The monoisotopic (exact) mass is 291 g/mol. The predicted octanol–water partition coefficient (Wildman–Crippen LogP) is 4.82. The normalized spacial score (nSPS) is 13.8. The lowest BCUT2D eigenvalue weighted by atomic mass is 10.0. The number of hydrogen-bond donors (Lipinski definition) is 1. The summed E-state index contributed by atoms with van der Waals surface area (Å²) in [5.74, 6) is 0.546. The van der Waals surface area contributed by atoms with Crippen LogP contribution < -0.4 is 5.32 Å². The van der Waals surface area contributed by atoms with Crippen molar-refractivity contribution in [2.75, 3.05) is 0 Å². The van der Waals surface area contributed by atoms with Crippen LogP contribution in [0.5, 0.6) is 0 Å². The molecule has 0 fully saturated rings.